The zero-order valence-electron chi connectivity index (χ0n) is 13.1. The number of carbonyl (C=O) groups excluding carboxylic acids is 1. The summed E-state index contributed by atoms with van der Waals surface area (Å²) in [7, 11) is 0. The lowest BCUT2D eigenvalue weighted by Crippen LogP contribution is -2.46. The number of hydrogen-bond acceptors (Lipinski definition) is 5. The standard InChI is InChI=1S/C15H19N5O2.2ClH/c16-11-15(4-8-22-9-5-15)14(21)19-12-2-3-13(17-10-12)20-7-1-6-18-20;;/h1-3,6-7,10H,4-5,8-9,11,16H2,(H,19,21);2*1H. The first-order chi connectivity index (χ1) is 10.7. The molecule has 1 fully saturated rings. The van der Waals surface area contributed by atoms with Gasteiger partial charge in [0.25, 0.3) is 0 Å². The Morgan fingerprint density at radius 1 is 1.33 bits per heavy atom. The SMILES string of the molecule is Cl.Cl.NCC1(C(=O)Nc2ccc(-n3cccn3)nc2)CCOCC1. The Bertz CT molecular complexity index is 628. The van der Waals surface area contributed by atoms with E-state index in [-0.39, 0.29) is 30.7 Å². The van der Waals surface area contributed by atoms with E-state index in [1.807, 2.05) is 24.4 Å². The predicted molar refractivity (Wildman–Crippen MR) is 96.0 cm³/mol. The van der Waals surface area contributed by atoms with Gasteiger partial charge in [0.2, 0.25) is 5.91 Å². The molecule has 1 saturated heterocycles. The Morgan fingerprint density at radius 2 is 2.08 bits per heavy atom. The maximum Gasteiger partial charge on any atom is 0.232 e. The van der Waals surface area contributed by atoms with Crippen molar-refractivity contribution in [3.8, 4) is 5.82 Å². The van der Waals surface area contributed by atoms with E-state index in [4.69, 9.17) is 10.5 Å². The number of ether oxygens (including phenoxy) is 1. The molecule has 2 aromatic heterocycles. The van der Waals surface area contributed by atoms with Crippen LogP contribution in [-0.4, -0.2) is 40.4 Å². The Balaban J connectivity index is 0.00000144. The average Bonchev–Trinajstić information content (AvgIpc) is 3.10. The highest BCUT2D eigenvalue weighted by Gasteiger charge is 2.38. The summed E-state index contributed by atoms with van der Waals surface area (Å²) in [4.78, 5) is 16.8. The van der Waals surface area contributed by atoms with Crippen LogP contribution in [0.3, 0.4) is 0 Å². The number of amides is 1. The molecule has 7 nitrogen and oxygen atoms in total. The fourth-order valence-electron chi connectivity index (χ4n) is 2.55. The van der Waals surface area contributed by atoms with Crippen LogP contribution in [0.15, 0.2) is 36.8 Å². The van der Waals surface area contributed by atoms with E-state index in [1.54, 1.807) is 17.1 Å². The van der Waals surface area contributed by atoms with Gasteiger partial charge in [0.05, 0.1) is 17.3 Å². The highest BCUT2D eigenvalue weighted by Crippen LogP contribution is 2.30. The third kappa shape index (κ3) is 4.24. The lowest BCUT2D eigenvalue weighted by atomic mass is 9.79. The van der Waals surface area contributed by atoms with Gasteiger partial charge in [0.15, 0.2) is 5.82 Å². The normalized spacial score (nSPS) is 15.7. The van der Waals surface area contributed by atoms with Crippen LogP contribution in [0.5, 0.6) is 0 Å². The zero-order chi connectivity index (χ0) is 15.4. The van der Waals surface area contributed by atoms with Crippen LogP contribution in [0.2, 0.25) is 0 Å². The number of carbonyl (C=O) groups is 1. The molecule has 3 heterocycles. The molecule has 0 aliphatic carbocycles. The van der Waals surface area contributed by atoms with Crippen LogP contribution < -0.4 is 11.1 Å². The molecule has 0 unspecified atom stereocenters. The molecule has 0 radical (unpaired) electrons. The van der Waals surface area contributed by atoms with Crippen molar-refractivity contribution in [1.29, 1.82) is 0 Å². The monoisotopic (exact) mass is 373 g/mol. The highest BCUT2D eigenvalue weighted by atomic mass is 35.5. The van der Waals surface area contributed by atoms with Crippen LogP contribution in [0.25, 0.3) is 5.82 Å². The van der Waals surface area contributed by atoms with E-state index in [0.29, 0.717) is 44.1 Å². The second-order valence-corrected chi connectivity index (χ2v) is 5.41. The molecular formula is C15H21Cl2N5O2. The first-order valence-corrected chi connectivity index (χ1v) is 7.29. The number of anilines is 1. The van der Waals surface area contributed by atoms with Crippen molar-refractivity contribution in [3.05, 3.63) is 36.8 Å². The van der Waals surface area contributed by atoms with Gasteiger partial charge in [-0.1, -0.05) is 0 Å². The summed E-state index contributed by atoms with van der Waals surface area (Å²) < 4.78 is 6.98. The Labute approximate surface area is 152 Å². The van der Waals surface area contributed by atoms with Crippen molar-refractivity contribution >= 4 is 36.4 Å². The van der Waals surface area contributed by atoms with E-state index >= 15 is 0 Å². The summed E-state index contributed by atoms with van der Waals surface area (Å²) in [5.74, 6) is 0.634. The number of aromatic nitrogens is 3. The number of nitrogens with two attached hydrogens (primary N) is 1. The molecule has 24 heavy (non-hydrogen) atoms. The first-order valence-electron chi connectivity index (χ1n) is 7.29. The van der Waals surface area contributed by atoms with Gasteiger partial charge in [-0.25, -0.2) is 9.67 Å². The number of hydrogen-bond donors (Lipinski definition) is 2. The molecule has 0 spiro atoms. The van der Waals surface area contributed by atoms with Gasteiger partial charge >= 0.3 is 0 Å². The summed E-state index contributed by atoms with van der Waals surface area (Å²) in [6.45, 7) is 1.46. The lowest BCUT2D eigenvalue weighted by Gasteiger charge is -2.34. The molecule has 1 amide bonds. The summed E-state index contributed by atoms with van der Waals surface area (Å²) in [5, 5.41) is 7.02. The molecule has 3 N–H and O–H groups in total. The van der Waals surface area contributed by atoms with Crippen molar-refractivity contribution in [1.82, 2.24) is 14.8 Å². The summed E-state index contributed by atoms with van der Waals surface area (Å²) in [5.41, 5.74) is 5.95. The topological polar surface area (TPSA) is 95.1 Å². The molecule has 0 saturated carbocycles. The fraction of sp³-hybridized carbons (Fsp3) is 0.400. The number of nitrogens with zero attached hydrogens (tertiary/aromatic N) is 3. The van der Waals surface area contributed by atoms with Crippen molar-refractivity contribution in [2.75, 3.05) is 25.1 Å². The Morgan fingerprint density at radius 3 is 2.62 bits per heavy atom. The summed E-state index contributed by atoms with van der Waals surface area (Å²) >= 11 is 0. The second kappa shape index (κ2) is 8.98. The number of pyridine rings is 1. The van der Waals surface area contributed by atoms with Gasteiger partial charge in [-0.3, -0.25) is 4.79 Å². The minimum atomic E-state index is -0.543. The Hall–Kier alpha value is -1.67. The minimum Gasteiger partial charge on any atom is -0.381 e. The van der Waals surface area contributed by atoms with Crippen LogP contribution in [0.1, 0.15) is 12.8 Å². The smallest absolute Gasteiger partial charge is 0.232 e. The third-order valence-corrected chi connectivity index (χ3v) is 4.07. The van der Waals surface area contributed by atoms with Crippen molar-refractivity contribution in [3.63, 3.8) is 0 Å². The number of halogens is 2. The van der Waals surface area contributed by atoms with Crippen LogP contribution in [0, 0.1) is 5.41 Å². The van der Waals surface area contributed by atoms with Gasteiger partial charge in [-0.15, -0.1) is 24.8 Å². The largest absolute Gasteiger partial charge is 0.381 e. The predicted octanol–water partition coefficient (Wildman–Crippen LogP) is 1.80. The average molecular weight is 374 g/mol. The van der Waals surface area contributed by atoms with Gasteiger partial charge in [-0.2, -0.15) is 5.10 Å². The van der Waals surface area contributed by atoms with Crippen molar-refractivity contribution in [2.45, 2.75) is 12.8 Å². The highest BCUT2D eigenvalue weighted by molar-refractivity contribution is 5.95. The lowest BCUT2D eigenvalue weighted by molar-refractivity contribution is -0.130. The fourth-order valence-corrected chi connectivity index (χ4v) is 2.55. The maximum absolute atomic E-state index is 12.5. The molecule has 0 aromatic carbocycles. The van der Waals surface area contributed by atoms with Crippen molar-refractivity contribution < 1.29 is 9.53 Å². The molecule has 2 aromatic rings. The Kier molecular flexibility index (Phi) is 7.62. The molecule has 1 aliphatic heterocycles. The zero-order valence-corrected chi connectivity index (χ0v) is 14.7. The van der Waals surface area contributed by atoms with E-state index in [2.05, 4.69) is 15.4 Å². The van der Waals surface area contributed by atoms with Crippen LogP contribution in [0.4, 0.5) is 5.69 Å². The van der Waals surface area contributed by atoms with Crippen molar-refractivity contribution in [2.24, 2.45) is 11.1 Å². The first kappa shape index (κ1) is 20.4. The molecular weight excluding hydrogens is 353 g/mol. The molecule has 1 aliphatic rings. The van der Waals surface area contributed by atoms with Gasteiger partial charge in [-0.05, 0) is 31.0 Å². The van der Waals surface area contributed by atoms with Gasteiger partial charge in [0, 0.05) is 32.2 Å². The quantitative estimate of drug-likeness (QED) is 0.851. The van der Waals surface area contributed by atoms with E-state index in [9.17, 15) is 4.79 Å². The summed E-state index contributed by atoms with van der Waals surface area (Å²) in [6, 6.07) is 5.45. The van der Waals surface area contributed by atoms with E-state index in [1.165, 1.54) is 0 Å². The third-order valence-electron chi connectivity index (χ3n) is 4.07. The number of rotatable bonds is 4. The maximum atomic E-state index is 12.5. The van der Waals surface area contributed by atoms with E-state index in [0.717, 1.165) is 0 Å². The van der Waals surface area contributed by atoms with Gasteiger partial charge < -0.3 is 15.8 Å². The second-order valence-electron chi connectivity index (χ2n) is 5.41. The van der Waals surface area contributed by atoms with E-state index < -0.39 is 5.41 Å². The molecule has 3 rings (SSSR count). The van der Waals surface area contributed by atoms with Crippen LogP contribution in [-0.2, 0) is 9.53 Å². The summed E-state index contributed by atoms with van der Waals surface area (Å²) in [6.07, 6.45) is 6.42. The molecule has 132 valence electrons. The minimum absolute atomic E-state index is 0. The van der Waals surface area contributed by atoms with Crippen LogP contribution >= 0.6 is 24.8 Å². The number of nitrogens with one attached hydrogen (secondary N) is 1. The van der Waals surface area contributed by atoms with Gasteiger partial charge in [0.1, 0.15) is 0 Å². The molecule has 0 bridgehead atoms. The molecule has 0 atom stereocenters. The molecule has 9 heteroatoms.